The molecule has 15 heavy (non-hydrogen) atoms. The normalized spacial score (nSPS) is 12.7. The van der Waals surface area contributed by atoms with Crippen LogP contribution in [-0.2, 0) is 4.79 Å². The topological polar surface area (TPSA) is 78.4 Å². The summed E-state index contributed by atoms with van der Waals surface area (Å²) in [5.74, 6) is -0.945. The summed E-state index contributed by atoms with van der Waals surface area (Å²) in [6, 6.07) is -0.533. The number of carbonyl (C=O) groups is 2. The molecule has 0 aliphatic rings. The first-order chi connectivity index (χ1) is 6.79. The SMILES string of the molecule is C=CC(C)NC(=O)NCC(C)(C)C(=O)O. The standard InChI is InChI=1S/C10H18N2O3/c1-5-7(2)12-9(15)11-6-10(3,4)8(13)14/h5,7H,1,6H2,2-4H3,(H,13,14)(H2,11,12,15). The second kappa shape index (κ2) is 5.38. The van der Waals surface area contributed by atoms with E-state index in [9.17, 15) is 9.59 Å². The Balaban J connectivity index is 4.01. The third kappa shape index (κ3) is 5.05. The van der Waals surface area contributed by atoms with Gasteiger partial charge in [-0.05, 0) is 20.8 Å². The largest absolute Gasteiger partial charge is 0.481 e. The molecule has 0 saturated carbocycles. The highest BCUT2D eigenvalue weighted by atomic mass is 16.4. The molecule has 0 aromatic heterocycles. The molecule has 0 saturated heterocycles. The van der Waals surface area contributed by atoms with Crippen molar-refractivity contribution >= 4 is 12.0 Å². The molecule has 0 heterocycles. The van der Waals surface area contributed by atoms with Gasteiger partial charge in [0, 0.05) is 12.6 Å². The minimum absolute atomic E-state index is 0.0814. The Morgan fingerprint density at radius 3 is 2.47 bits per heavy atom. The quantitative estimate of drug-likeness (QED) is 0.597. The molecule has 0 spiro atoms. The summed E-state index contributed by atoms with van der Waals surface area (Å²) >= 11 is 0. The number of nitrogens with one attached hydrogen (secondary N) is 2. The molecule has 5 heteroatoms. The lowest BCUT2D eigenvalue weighted by atomic mass is 9.94. The van der Waals surface area contributed by atoms with Crippen LogP contribution in [-0.4, -0.2) is 29.7 Å². The zero-order chi connectivity index (χ0) is 12.1. The zero-order valence-corrected chi connectivity index (χ0v) is 9.33. The lowest BCUT2D eigenvalue weighted by Crippen LogP contribution is -2.45. The summed E-state index contributed by atoms with van der Waals surface area (Å²) in [7, 11) is 0. The van der Waals surface area contributed by atoms with Gasteiger partial charge < -0.3 is 15.7 Å². The van der Waals surface area contributed by atoms with Gasteiger partial charge in [-0.25, -0.2) is 4.79 Å². The third-order valence-electron chi connectivity index (χ3n) is 1.98. The van der Waals surface area contributed by atoms with Crippen LogP contribution in [0.15, 0.2) is 12.7 Å². The highest BCUT2D eigenvalue weighted by Gasteiger charge is 2.27. The van der Waals surface area contributed by atoms with E-state index in [4.69, 9.17) is 5.11 Å². The summed E-state index contributed by atoms with van der Waals surface area (Å²) in [5, 5.41) is 13.9. The van der Waals surface area contributed by atoms with E-state index in [2.05, 4.69) is 17.2 Å². The number of rotatable bonds is 5. The fourth-order valence-electron chi connectivity index (χ4n) is 0.694. The third-order valence-corrected chi connectivity index (χ3v) is 1.98. The highest BCUT2D eigenvalue weighted by Crippen LogP contribution is 2.12. The first-order valence-electron chi connectivity index (χ1n) is 4.70. The van der Waals surface area contributed by atoms with Crippen molar-refractivity contribution in [1.82, 2.24) is 10.6 Å². The zero-order valence-electron chi connectivity index (χ0n) is 9.33. The Bertz CT molecular complexity index is 261. The van der Waals surface area contributed by atoms with Crippen LogP contribution < -0.4 is 10.6 Å². The lowest BCUT2D eigenvalue weighted by molar-refractivity contribution is -0.146. The van der Waals surface area contributed by atoms with Crippen LogP contribution in [0.5, 0.6) is 0 Å². The van der Waals surface area contributed by atoms with Crippen molar-refractivity contribution in [2.24, 2.45) is 5.41 Å². The number of aliphatic carboxylic acids is 1. The van der Waals surface area contributed by atoms with Crippen molar-refractivity contribution in [3.05, 3.63) is 12.7 Å². The minimum Gasteiger partial charge on any atom is -0.481 e. The molecule has 0 fully saturated rings. The van der Waals surface area contributed by atoms with E-state index in [1.165, 1.54) is 0 Å². The van der Waals surface area contributed by atoms with Crippen LogP contribution in [0.3, 0.4) is 0 Å². The molecular formula is C10H18N2O3. The number of carboxylic acids is 1. The average molecular weight is 214 g/mol. The van der Waals surface area contributed by atoms with E-state index in [-0.39, 0.29) is 12.6 Å². The molecule has 0 rings (SSSR count). The predicted octanol–water partition coefficient (Wildman–Crippen LogP) is 0.971. The summed E-state index contributed by atoms with van der Waals surface area (Å²) in [4.78, 5) is 21.9. The summed E-state index contributed by atoms with van der Waals surface area (Å²) in [6.07, 6.45) is 1.59. The molecule has 0 aromatic carbocycles. The number of hydrogen-bond acceptors (Lipinski definition) is 2. The van der Waals surface area contributed by atoms with Crippen molar-refractivity contribution < 1.29 is 14.7 Å². The summed E-state index contributed by atoms with van der Waals surface area (Å²) in [6.45, 7) is 8.46. The number of carbonyl (C=O) groups excluding carboxylic acids is 1. The molecule has 1 atom stereocenters. The van der Waals surface area contributed by atoms with E-state index >= 15 is 0 Å². The lowest BCUT2D eigenvalue weighted by Gasteiger charge is -2.20. The van der Waals surface area contributed by atoms with Gasteiger partial charge in [0.15, 0.2) is 0 Å². The Hall–Kier alpha value is -1.52. The van der Waals surface area contributed by atoms with Crippen molar-refractivity contribution in [2.75, 3.05) is 6.54 Å². The Labute approximate surface area is 89.6 Å². The van der Waals surface area contributed by atoms with Crippen molar-refractivity contribution in [3.8, 4) is 0 Å². The Kier molecular flexibility index (Phi) is 4.84. The molecule has 86 valence electrons. The molecule has 1 unspecified atom stereocenters. The fourth-order valence-corrected chi connectivity index (χ4v) is 0.694. The smallest absolute Gasteiger partial charge is 0.315 e. The van der Waals surface area contributed by atoms with Gasteiger partial charge in [0.2, 0.25) is 0 Å². The van der Waals surface area contributed by atoms with Crippen LogP contribution in [0, 0.1) is 5.41 Å². The Morgan fingerprint density at radius 2 is 2.07 bits per heavy atom. The summed E-state index contributed by atoms with van der Waals surface area (Å²) in [5.41, 5.74) is -0.964. The minimum atomic E-state index is -0.964. The van der Waals surface area contributed by atoms with E-state index in [1.807, 2.05) is 0 Å². The molecule has 0 bridgehead atoms. The van der Waals surface area contributed by atoms with Gasteiger partial charge in [0.25, 0.3) is 0 Å². The monoisotopic (exact) mass is 214 g/mol. The number of amides is 2. The van der Waals surface area contributed by atoms with Gasteiger partial charge in [0.05, 0.1) is 5.41 Å². The molecule has 2 amide bonds. The van der Waals surface area contributed by atoms with E-state index < -0.39 is 17.4 Å². The van der Waals surface area contributed by atoms with Crippen molar-refractivity contribution in [2.45, 2.75) is 26.8 Å². The number of hydrogen-bond donors (Lipinski definition) is 3. The predicted molar refractivity (Wildman–Crippen MR) is 57.6 cm³/mol. The van der Waals surface area contributed by atoms with E-state index in [0.717, 1.165) is 0 Å². The maximum atomic E-state index is 11.2. The van der Waals surface area contributed by atoms with Gasteiger partial charge in [-0.1, -0.05) is 6.08 Å². The second-order valence-corrected chi connectivity index (χ2v) is 4.04. The first kappa shape index (κ1) is 13.5. The fraction of sp³-hybridized carbons (Fsp3) is 0.600. The maximum absolute atomic E-state index is 11.2. The van der Waals surface area contributed by atoms with Crippen LogP contribution in [0.25, 0.3) is 0 Å². The molecule has 3 N–H and O–H groups in total. The van der Waals surface area contributed by atoms with Crippen LogP contribution in [0.4, 0.5) is 4.79 Å². The Morgan fingerprint density at radius 1 is 1.53 bits per heavy atom. The van der Waals surface area contributed by atoms with Gasteiger partial charge in [-0.15, -0.1) is 6.58 Å². The van der Waals surface area contributed by atoms with E-state index in [0.29, 0.717) is 0 Å². The first-order valence-corrected chi connectivity index (χ1v) is 4.70. The average Bonchev–Trinajstić information content (AvgIpc) is 2.14. The molecule has 0 aliphatic carbocycles. The van der Waals surface area contributed by atoms with Gasteiger partial charge >= 0.3 is 12.0 Å². The van der Waals surface area contributed by atoms with Gasteiger partial charge in [0.1, 0.15) is 0 Å². The number of carboxylic acid groups (broad SMARTS) is 1. The van der Waals surface area contributed by atoms with Crippen LogP contribution in [0.1, 0.15) is 20.8 Å². The molecular weight excluding hydrogens is 196 g/mol. The van der Waals surface area contributed by atoms with Crippen LogP contribution in [0.2, 0.25) is 0 Å². The van der Waals surface area contributed by atoms with Crippen molar-refractivity contribution in [1.29, 1.82) is 0 Å². The van der Waals surface area contributed by atoms with Crippen molar-refractivity contribution in [3.63, 3.8) is 0 Å². The molecule has 0 aliphatic heterocycles. The van der Waals surface area contributed by atoms with Gasteiger partial charge in [-0.2, -0.15) is 0 Å². The van der Waals surface area contributed by atoms with Gasteiger partial charge in [-0.3, -0.25) is 4.79 Å². The maximum Gasteiger partial charge on any atom is 0.315 e. The molecule has 5 nitrogen and oxygen atoms in total. The van der Waals surface area contributed by atoms with E-state index in [1.54, 1.807) is 26.8 Å². The second-order valence-electron chi connectivity index (χ2n) is 4.04. The number of urea groups is 1. The molecule has 0 aromatic rings. The summed E-state index contributed by atoms with van der Waals surface area (Å²) < 4.78 is 0. The highest BCUT2D eigenvalue weighted by molar-refractivity contribution is 5.77. The molecule has 0 radical (unpaired) electrons. The van der Waals surface area contributed by atoms with Crippen LogP contribution >= 0.6 is 0 Å².